The summed E-state index contributed by atoms with van der Waals surface area (Å²) in [6, 6.07) is 0. The van der Waals surface area contributed by atoms with Crippen molar-refractivity contribution in [3.05, 3.63) is 40.8 Å². The minimum Gasteiger partial charge on any atom is -0.491 e. The van der Waals surface area contributed by atoms with E-state index in [0.29, 0.717) is 17.9 Å². The zero-order valence-corrected chi connectivity index (χ0v) is 12.0. The van der Waals surface area contributed by atoms with Crippen LogP contribution in [0.1, 0.15) is 19.8 Å². The van der Waals surface area contributed by atoms with Gasteiger partial charge < -0.3 is 9.47 Å². The van der Waals surface area contributed by atoms with E-state index >= 15 is 0 Å². The summed E-state index contributed by atoms with van der Waals surface area (Å²) in [4.78, 5) is 0. The molecule has 3 heterocycles. The summed E-state index contributed by atoms with van der Waals surface area (Å²) >= 11 is 3.64. The van der Waals surface area contributed by atoms with Crippen LogP contribution in [0.4, 0.5) is 0 Å². The van der Waals surface area contributed by atoms with E-state index in [2.05, 4.69) is 41.2 Å². The predicted octanol–water partition coefficient (Wildman–Crippen LogP) is 3.70. The van der Waals surface area contributed by atoms with Gasteiger partial charge in [0.1, 0.15) is 18.0 Å². The van der Waals surface area contributed by atoms with Gasteiger partial charge in [-0.3, -0.25) is 0 Å². The zero-order valence-electron chi connectivity index (χ0n) is 10.4. The van der Waals surface area contributed by atoms with Crippen LogP contribution in [0, 0.1) is 11.8 Å². The molecule has 3 aliphatic heterocycles. The van der Waals surface area contributed by atoms with E-state index in [1.165, 1.54) is 4.48 Å². The SMILES string of the molecule is C=C=C/C=C/C1C2CC3O/C(=C(/Br)CC)C1C3O2. The summed E-state index contributed by atoms with van der Waals surface area (Å²) in [5, 5.41) is 0. The summed E-state index contributed by atoms with van der Waals surface area (Å²) < 4.78 is 13.3. The van der Waals surface area contributed by atoms with E-state index in [4.69, 9.17) is 9.47 Å². The van der Waals surface area contributed by atoms with E-state index in [1.807, 2.05) is 12.2 Å². The smallest absolute Gasteiger partial charge is 0.128 e. The van der Waals surface area contributed by atoms with Crippen molar-refractivity contribution in [1.82, 2.24) is 0 Å². The summed E-state index contributed by atoms with van der Waals surface area (Å²) in [5.74, 6) is 1.93. The van der Waals surface area contributed by atoms with Gasteiger partial charge in [-0.25, -0.2) is 0 Å². The van der Waals surface area contributed by atoms with E-state index in [1.54, 1.807) is 0 Å². The molecule has 0 spiro atoms. The van der Waals surface area contributed by atoms with Gasteiger partial charge in [0.25, 0.3) is 0 Å². The first-order valence-electron chi connectivity index (χ1n) is 6.49. The molecule has 3 heteroatoms. The van der Waals surface area contributed by atoms with Crippen molar-refractivity contribution in [2.45, 2.75) is 38.1 Å². The number of halogens is 1. The van der Waals surface area contributed by atoms with Crippen molar-refractivity contribution in [3.8, 4) is 0 Å². The molecule has 3 fully saturated rings. The maximum absolute atomic E-state index is 6.06. The Bertz CT molecular complexity index is 457. The molecule has 0 aliphatic carbocycles. The lowest BCUT2D eigenvalue weighted by Crippen LogP contribution is -2.28. The second-order valence-corrected chi connectivity index (χ2v) is 5.97. The fourth-order valence-corrected chi connectivity index (χ4v) is 3.68. The molecule has 5 atom stereocenters. The Hall–Kier alpha value is -0.760. The van der Waals surface area contributed by atoms with Crippen LogP contribution < -0.4 is 0 Å². The topological polar surface area (TPSA) is 18.5 Å². The van der Waals surface area contributed by atoms with Crippen LogP contribution in [0.5, 0.6) is 0 Å². The molecular weight excluding hydrogens is 292 g/mol. The normalized spacial score (nSPS) is 43.1. The monoisotopic (exact) mass is 308 g/mol. The first-order valence-corrected chi connectivity index (χ1v) is 7.28. The van der Waals surface area contributed by atoms with Gasteiger partial charge in [0.2, 0.25) is 0 Å². The van der Waals surface area contributed by atoms with Crippen LogP contribution in [-0.4, -0.2) is 18.3 Å². The van der Waals surface area contributed by atoms with Crippen molar-refractivity contribution < 1.29 is 9.47 Å². The summed E-state index contributed by atoms with van der Waals surface area (Å²) in [6.07, 6.45) is 8.91. The minimum absolute atomic E-state index is 0.256. The van der Waals surface area contributed by atoms with Gasteiger partial charge in [0, 0.05) is 16.8 Å². The maximum Gasteiger partial charge on any atom is 0.128 e. The van der Waals surface area contributed by atoms with Crippen LogP contribution in [0.2, 0.25) is 0 Å². The van der Waals surface area contributed by atoms with Gasteiger partial charge >= 0.3 is 0 Å². The first kappa shape index (κ1) is 12.3. The summed E-state index contributed by atoms with van der Waals surface area (Å²) in [7, 11) is 0. The largest absolute Gasteiger partial charge is 0.491 e. The molecule has 0 aromatic rings. The zero-order chi connectivity index (χ0) is 12.7. The highest BCUT2D eigenvalue weighted by atomic mass is 79.9. The molecule has 3 rings (SSSR count). The van der Waals surface area contributed by atoms with Gasteiger partial charge in [0.05, 0.1) is 12.0 Å². The van der Waals surface area contributed by atoms with E-state index in [-0.39, 0.29) is 12.2 Å². The average molecular weight is 309 g/mol. The van der Waals surface area contributed by atoms with Crippen LogP contribution in [0.3, 0.4) is 0 Å². The third kappa shape index (κ3) is 1.73. The van der Waals surface area contributed by atoms with Gasteiger partial charge in [-0.05, 0) is 12.5 Å². The molecule has 18 heavy (non-hydrogen) atoms. The molecule has 96 valence electrons. The van der Waals surface area contributed by atoms with Gasteiger partial charge in [-0.1, -0.05) is 41.6 Å². The molecule has 2 bridgehead atoms. The molecule has 0 amide bonds. The van der Waals surface area contributed by atoms with Crippen LogP contribution in [0.15, 0.2) is 40.8 Å². The Morgan fingerprint density at radius 2 is 2.39 bits per heavy atom. The molecule has 0 N–H and O–H groups in total. The minimum atomic E-state index is 0.256. The van der Waals surface area contributed by atoms with Gasteiger partial charge in [0.15, 0.2) is 0 Å². The molecule has 0 aromatic carbocycles. The lowest BCUT2D eigenvalue weighted by molar-refractivity contribution is 0.0709. The predicted molar refractivity (Wildman–Crippen MR) is 74.2 cm³/mol. The molecule has 0 radical (unpaired) electrons. The Kier molecular flexibility index (Phi) is 3.23. The number of ether oxygens (including phenoxy) is 2. The van der Waals surface area contributed by atoms with Crippen molar-refractivity contribution in [2.75, 3.05) is 0 Å². The highest BCUT2D eigenvalue weighted by Gasteiger charge is 2.61. The number of rotatable bonds is 3. The number of hydrogen-bond acceptors (Lipinski definition) is 2. The fraction of sp³-hybridized carbons (Fsp3) is 0.533. The van der Waals surface area contributed by atoms with Crippen molar-refractivity contribution in [3.63, 3.8) is 0 Å². The molecular formula is C15H17BrO2. The Morgan fingerprint density at radius 1 is 1.56 bits per heavy atom. The Balaban J connectivity index is 1.91. The van der Waals surface area contributed by atoms with Gasteiger partial charge in [-0.15, -0.1) is 5.73 Å². The van der Waals surface area contributed by atoms with Gasteiger partial charge in [-0.2, -0.15) is 0 Å². The van der Waals surface area contributed by atoms with Crippen molar-refractivity contribution in [2.24, 2.45) is 11.8 Å². The van der Waals surface area contributed by atoms with Crippen molar-refractivity contribution in [1.29, 1.82) is 0 Å². The van der Waals surface area contributed by atoms with E-state index in [0.717, 1.165) is 18.6 Å². The quantitative estimate of drug-likeness (QED) is 0.584. The summed E-state index contributed by atoms with van der Waals surface area (Å²) in [6.45, 7) is 5.71. The number of hydrogen-bond donors (Lipinski definition) is 0. The number of fused-ring (bicyclic) bond motifs is 1. The molecule has 3 aliphatic rings. The van der Waals surface area contributed by atoms with Crippen LogP contribution in [-0.2, 0) is 9.47 Å². The second kappa shape index (κ2) is 4.73. The Labute approximate surface area is 116 Å². The standard InChI is InChI=1S/C15H17BrO2/c1-3-5-6-7-9-11-8-12-15(17-11)13(9)14(18-12)10(16)4-2/h5-7,9,11-13,15H,1,4,8H2,2H3/b7-6+,14-10+. The third-order valence-electron chi connectivity index (χ3n) is 4.07. The van der Waals surface area contributed by atoms with Crippen LogP contribution >= 0.6 is 15.9 Å². The summed E-state index contributed by atoms with van der Waals surface area (Å²) in [5.41, 5.74) is 2.77. The van der Waals surface area contributed by atoms with E-state index in [9.17, 15) is 0 Å². The highest BCUT2D eigenvalue weighted by Crippen LogP contribution is 2.55. The third-order valence-corrected chi connectivity index (χ3v) is 5.02. The molecule has 5 unspecified atom stereocenters. The maximum atomic E-state index is 6.06. The first-order chi connectivity index (χ1) is 8.76. The van der Waals surface area contributed by atoms with E-state index < -0.39 is 0 Å². The average Bonchev–Trinajstić information content (AvgIpc) is 2.97. The van der Waals surface area contributed by atoms with Crippen LogP contribution in [0.25, 0.3) is 0 Å². The molecule has 0 aromatic heterocycles. The molecule has 0 saturated carbocycles. The number of allylic oxidation sites excluding steroid dienone is 3. The molecule has 3 saturated heterocycles. The lowest BCUT2D eigenvalue weighted by Gasteiger charge is -2.19. The molecule has 2 nitrogen and oxygen atoms in total. The fourth-order valence-electron chi connectivity index (χ4n) is 3.32. The Morgan fingerprint density at radius 3 is 3.11 bits per heavy atom. The lowest BCUT2D eigenvalue weighted by atomic mass is 9.79. The second-order valence-electron chi connectivity index (χ2n) is 5.01. The van der Waals surface area contributed by atoms with Crippen molar-refractivity contribution >= 4 is 15.9 Å². The highest BCUT2D eigenvalue weighted by molar-refractivity contribution is 9.11.